The minimum atomic E-state index is -3.79. The molecule has 0 aliphatic carbocycles. The van der Waals surface area contributed by atoms with Gasteiger partial charge >= 0.3 is 10.1 Å². The first kappa shape index (κ1) is 16.9. The van der Waals surface area contributed by atoms with Gasteiger partial charge in [-0.2, -0.15) is 13.4 Å². The molecule has 1 heterocycles. The minimum Gasteiger partial charge on any atom is -0.362 e. The van der Waals surface area contributed by atoms with E-state index in [1.54, 1.807) is 6.92 Å². The lowest BCUT2D eigenvalue weighted by molar-refractivity contribution is 0.473. The van der Waals surface area contributed by atoms with Gasteiger partial charge in [0, 0.05) is 12.1 Å². The summed E-state index contributed by atoms with van der Waals surface area (Å²) in [6, 6.07) is 3.69. The Kier molecular flexibility index (Phi) is 5.49. The molecule has 0 amide bonds. The van der Waals surface area contributed by atoms with Gasteiger partial charge in [0.15, 0.2) is 5.03 Å². The Labute approximate surface area is 119 Å². The summed E-state index contributed by atoms with van der Waals surface area (Å²) in [6.07, 6.45) is 0.625. The third-order valence-electron chi connectivity index (χ3n) is 2.51. The van der Waals surface area contributed by atoms with Gasteiger partial charge in [-0.1, -0.05) is 13.0 Å². The van der Waals surface area contributed by atoms with E-state index < -0.39 is 20.1 Å². The van der Waals surface area contributed by atoms with Crippen LogP contribution in [0.5, 0.6) is 5.88 Å². The molecule has 7 nitrogen and oxygen atoms in total. The van der Waals surface area contributed by atoms with Gasteiger partial charge in [-0.25, -0.2) is 13.1 Å². The monoisotopic (exact) mass is 322 g/mol. The quantitative estimate of drug-likeness (QED) is 0.748. The molecule has 0 bridgehead atoms. The molecule has 0 aliphatic rings. The van der Waals surface area contributed by atoms with Crippen LogP contribution in [-0.4, -0.2) is 33.6 Å². The summed E-state index contributed by atoms with van der Waals surface area (Å²) in [7, 11) is -7.53. The highest BCUT2D eigenvalue weighted by atomic mass is 32.2. The molecule has 0 saturated heterocycles. The van der Waals surface area contributed by atoms with E-state index in [1.807, 2.05) is 6.92 Å². The Morgan fingerprint density at radius 2 is 1.90 bits per heavy atom. The standard InChI is InChI=1S/C11H18N2O5S2/c1-4-9(3)13-20(16,17)11-8-6-7-10(12-11)18-19(14,15)5-2/h6-9,13H,4-5H2,1-3H3. The van der Waals surface area contributed by atoms with Crippen molar-refractivity contribution in [3.8, 4) is 5.88 Å². The molecule has 114 valence electrons. The highest BCUT2D eigenvalue weighted by Gasteiger charge is 2.20. The molecule has 1 atom stereocenters. The van der Waals surface area contributed by atoms with E-state index in [-0.39, 0.29) is 22.7 Å². The average molecular weight is 322 g/mol. The molecule has 1 aromatic heterocycles. The van der Waals surface area contributed by atoms with Crippen LogP contribution in [0.1, 0.15) is 27.2 Å². The van der Waals surface area contributed by atoms with Gasteiger partial charge in [0.1, 0.15) is 0 Å². The molecule has 1 aromatic rings. The summed E-state index contributed by atoms with van der Waals surface area (Å²) in [5, 5.41) is -0.276. The summed E-state index contributed by atoms with van der Waals surface area (Å²) in [4.78, 5) is 3.71. The number of rotatable bonds is 7. The van der Waals surface area contributed by atoms with Gasteiger partial charge in [-0.3, -0.25) is 0 Å². The lowest BCUT2D eigenvalue weighted by Crippen LogP contribution is -2.32. The first-order valence-electron chi connectivity index (χ1n) is 6.11. The predicted molar refractivity (Wildman–Crippen MR) is 74.4 cm³/mol. The topological polar surface area (TPSA) is 102 Å². The first-order chi connectivity index (χ1) is 9.20. The maximum absolute atomic E-state index is 12.0. The maximum Gasteiger partial charge on any atom is 0.310 e. The van der Waals surface area contributed by atoms with Crippen molar-refractivity contribution in [2.75, 3.05) is 5.75 Å². The highest BCUT2D eigenvalue weighted by molar-refractivity contribution is 7.89. The van der Waals surface area contributed by atoms with Crippen molar-refractivity contribution in [3.05, 3.63) is 18.2 Å². The Morgan fingerprint density at radius 1 is 1.25 bits per heavy atom. The molecule has 0 saturated carbocycles. The van der Waals surface area contributed by atoms with Crippen molar-refractivity contribution >= 4 is 20.1 Å². The van der Waals surface area contributed by atoms with Crippen LogP contribution in [0.2, 0.25) is 0 Å². The first-order valence-corrected chi connectivity index (χ1v) is 9.17. The molecule has 0 aliphatic heterocycles. The van der Waals surface area contributed by atoms with E-state index in [1.165, 1.54) is 25.1 Å². The second kappa shape index (κ2) is 6.51. The van der Waals surface area contributed by atoms with E-state index in [4.69, 9.17) is 0 Å². The van der Waals surface area contributed by atoms with Crippen molar-refractivity contribution in [2.45, 2.75) is 38.3 Å². The summed E-state index contributed by atoms with van der Waals surface area (Å²) in [5.41, 5.74) is 0. The zero-order valence-corrected chi connectivity index (χ0v) is 13.2. The van der Waals surface area contributed by atoms with Crippen molar-refractivity contribution in [3.63, 3.8) is 0 Å². The smallest absolute Gasteiger partial charge is 0.310 e. The minimum absolute atomic E-state index is 0.225. The molecule has 1 N–H and O–H groups in total. The Bertz CT molecular complexity index is 655. The van der Waals surface area contributed by atoms with Crippen LogP contribution in [0, 0.1) is 0 Å². The molecule has 9 heteroatoms. The largest absolute Gasteiger partial charge is 0.362 e. The summed E-state index contributed by atoms with van der Waals surface area (Å²) < 4.78 is 53.8. The van der Waals surface area contributed by atoms with Gasteiger partial charge in [0.25, 0.3) is 10.0 Å². The third kappa shape index (κ3) is 4.73. The highest BCUT2D eigenvalue weighted by Crippen LogP contribution is 2.14. The normalized spacial score (nSPS) is 13.9. The lowest BCUT2D eigenvalue weighted by atomic mass is 10.3. The summed E-state index contributed by atoms with van der Waals surface area (Å²) in [6.45, 7) is 4.98. The van der Waals surface area contributed by atoms with E-state index in [0.29, 0.717) is 6.42 Å². The number of pyridine rings is 1. The van der Waals surface area contributed by atoms with Crippen molar-refractivity contribution in [2.24, 2.45) is 0 Å². The molecule has 0 spiro atoms. The van der Waals surface area contributed by atoms with Crippen LogP contribution >= 0.6 is 0 Å². The molecule has 0 fully saturated rings. The van der Waals surface area contributed by atoms with Crippen LogP contribution in [-0.2, 0) is 20.1 Å². The number of nitrogens with one attached hydrogen (secondary N) is 1. The fourth-order valence-corrected chi connectivity index (χ4v) is 2.95. The molecule has 1 rings (SSSR count). The van der Waals surface area contributed by atoms with E-state index >= 15 is 0 Å². The lowest BCUT2D eigenvalue weighted by Gasteiger charge is -2.12. The number of hydrogen-bond acceptors (Lipinski definition) is 6. The fourth-order valence-electron chi connectivity index (χ4n) is 1.19. The maximum atomic E-state index is 12.0. The molecule has 20 heavy (non-hydrogen) atoms. The van der Waals surface area contributed by atoms with Crippen molar-refractivity contribution in [1.82, 2.24) is 9.71 Å². The van der Waals surface area contributed by atoms with Crippen LogP contribution in [0.25, 0.3) is 0 Å². The van der Waals surface area contributed by atoms with Gasteiger partial charge in [-0.15, -0.1) is 0 Å². The summed E-state index contributed by atoms with van der Waals surface area (Å²) >= 11 is 0. The van der Waals surface area contributed by atoms with Crippen LogP contribution in [0.4, 0.5) is 0 Å². The Hall–Kier alpha value is -1.19. The SMILES string of the molecule is CCC(C)NS(=O)(=O)c1cccc(OS(=O)(=O)CC)n1. The third-order valence-corrected chi connectivity index (χ3v) is 5.13. The van der Waals surface area contributed by atoms with Crippen LogP contribution in [0.3, 0.4) is 0 Å². The van der Waals surface area contributed by atoms with Gasteiger partial charge in [0.05, 0.1) is 5.75 Å². The molecular weight excluding hydrogens is 304 g/mol. The molecule has 0 aromatic carbocycles. The zero-order chi connectivity index (χ0) is 15.4. The number of sulfonamides is 1. The molecular formula is C11H18N2O5S2. The Morgan fingerprint density at radius 3 is 2.45 bits per heavy atom. The van der Waals surface area contributed by atoms with Gasteiger partial charge in [0.2, 0.25) is 5.88 Å². The number of nitrogens with zero attached hydrogens (tertiary/aromatic N) is 1. The van der Waals surface area contributed by atoms with Crippen molar-refractivity contribution < 1.29 is 21.0 Å². The van der Waals surface area contributed by atoms with Gasteiger partial charge < -0.3 is 4.18 Å². The number of hydrogen-bond donors (Lipinski definition) is 1. The van der Waals surface area contributed by atoms with Gasteiger partial charge in [-0.05, 0) is 26.3 Å². The fraction of sp³-hybridized carbons (Fsp3) is 0.545. The predicted octanol–water partition coefficient (Wildman–Crippen LogP) is 0.887. The molecule has 1 unspecified atom stereocenters. The van der Waals surface area contributed by atoms with Crippen LogP contribution < -0.4 is 8.91 Å². The summed E-state index contributed by atoms with van der Waals surface area (Å²) in [5.74, 6) is -0.490. The zero-order valence-electron chi connectivity index (χ0n) is 11.5. The van der Waals surface area contributed by atoms with Crippen molar-refractivity contribution in [1.29, 1.82) is 0 Å². The second-order valence-corrected chi connectivity index (χ2v) is 7.69. The van der Waals surface area contributed by atoms with E-state index in [0.717, 1.165) is 0 Å². The number of aromatic nitrogens is 1. The van der Waals surface area contributed by atoms with Crippen LogP contribution in [0.15, 0.2) is 23.2 Å². The van der Waals surface area contributed by atoms with E-state index in [9.17, 15) is 16.8 Å². The molecule has 0 radical (unpaired) electrons. The average Bonchev–Trinajstić information content (AvgIpc) is 2.38. The van der Waals surface area contributed by atoms with E-state index in [2.05, 4.69) is 13.9 Å². The Balaban J connectivity index is 3.04. The second-order valence-electron chi connectivity index (χ2n) is 4.17.